The predicted molar refractivity (Wildman–Crippen MR) is 63.0 cm³/mol. The van der Waals surface area contributed by atoms with Crippen LogP contribution in [0.5, 0.6) is 0 Å². The van der Waals surface area contributed by atoms with Gasteiger partial charge in [-0.25, -0.2) is 13.6 Å². The van der Waals surface area contributed by atoms with Crippen LogP contribution < -0.4 is 0 Å². The monoisotopic (exact) mass is 301 g/mol. The van der Waals surface area contributed by atoms with E-state index < -0.39 is 54.6 Å². The van der Waals surface area contributed by atoms with Crippen LogP contribution in [0.1, 0.15) is 27.2 Å². The molecule has 6 nitrogen and oxygen atoms in total. The third-order valence-corrected chi connectivity index (χ3v) is 2.70. The lowest BCUT2D eigenvalue weighted by Crippen LogP contribution is -2.42. The van der Waals surface area contributed by atoms with E-state index in [2.05, 4.69) is 4.18 Å². The van der Waals surface area contributed by atoms with Crippen LogP contribution in [-0.2, 0) is 20.3 Å². The quantitative estimate of drug-likeness (QED) is 0.804. The van der Waals surface area contributed by atoms with E-state index in [-0.39, 0.29) is 0 Å². The van der Waals surface area contributed by atoms with Crippen LogP contribution in [0.15, 0.2) is 0 Å². The predicted octanol–water partition coefficient (Wildman–Crippen LogP) is 1.78. The second-order valence-corrected chi connectivity index (χ2v) is 5.99. The number of alkyl halides is 2. The van der Waals surface area contributed by atoms with Gasteiger partial charge in [-0.3, -0.25) is 13.6 Å². The highest BCUT2D eigenvalue weighted by Gasteiger charge is 2.48. The molecular weight excluding hydrogens is 284 g/mol. The fourth-order valence-corrected chi connectivity index (χ4v) is 1.99. The second-order valence-electron chi connectivity index (χ2n) is 5.32. The zero-order valence-electron chi connectivity index (χ0n) is 10.9. The molecule has 9 heteroatoms. The van der Waals surface area contributed by atoms with Crippen molar-refractivity contribution in [1.29, 1.82) is 0 Å². The van der Waals surface area contributed by atoms with Crippen molar-refractivity contribution in [2.75, 3.05) is 13.2 Å². The van der Waals surface area contributed by atoms with Crippen molar-refractivity contribution in [3.8, 4) is 0 Å². The van der Waals surface area contributed by atoms with Crippen molar-refractivity contribution in [1.82, 2.24) is 4.90 Å². The Morgan fingerprint density at radius 1 is 1.53 bits per heavy atom. The lowest BCUT2D eigenvalue weighted by atomic mass is 10.2. The summed E-state index contributed by atoms with van der Waals surface area (Å²) in [6.07, 6.45) is -1.51. The van der Waals surface area contributed by atoms with Gasteiger partial charge in [0.2, 0.25) is 0 Å². The van der Waals surface area contributed by atoms with Gasteiger partial charge < -0.3 is 4.74 Å². The number of hydrogen-bond donors (Lipinski definition) is 1. The molecule has 0 bridgehead atoms. The Labute approximate surface area is 112 Å². The fraction of sp³-hybridized carbons (Fsp3) is 0.900. The van der Waals surface area contributed by atoms with Crippen LogP contribution in [0.25, 0.3) is 0 Å². The van der Waals surface area contributed by atoms with Crippen molar-refractivity contribution >= 4 is 17.5 Å². The zero-order valence-corrected chi connectivity index (χ0v) is 11.7. The van der Waals surface area contributed by atoms with Gasteiger partial charge in [-0.05, 0) is 20.8 Å². The highest BCUT2D eigenvalue weighted by molar-refractivity contribution is 7.74. The van der Waals surface area contributed by atoms with Gasteiger partial charge in [0.15, 0.2) is 0 Å². The number of carbonyl (C=O) groups is 1. The standard InChI is InChI=1S/C10H17F2NO5S/c1-9(2,3)18-8(14)13-6-10(11,12)4-7(13)5-17-19(15)16/h7H,4-6H2,1-3H3,(H,15,16). The van der Waals surface area contributed by atoms with Crippen LogP contribution in [0.2, 0.25) is 0 Å². The molecule has 1 N–H and O–H groups in total. The van der Waals surface area contributed by atoms with Crippen molar-refractivity contribution in [3.63, 3.8) is 0 Å². The first kappa shape index (κ1) is 16.3. The van der Waals surface area contributed by atoms with E-state index in [1.165, 1.54) is 0 Å². The summed E-state index contributed by atoms with van der Waals surface area (Å²) in [5.74, 6) is -3.05. The van der Waals surface area contributed by atoms with Gasteiger partial charge in [-0.1, -0.05) is 0 Å². The number of halogens is 2. The molecule has 0 aromatic heterocycles. The SMILES string of the molecule is CC(C)(C)OC(=O)N1CC(F)(F)CC1COS(=O)O. The van der Waals surface area contributed by atoms with Gasteiger partial charge in [0.1, 0.15) is 5.60 Å². The van der Waals surface area contributed by atoms with E-state index in [1.54, 1.807) is 20.8 Å². The van der Waals surface area contributed by atoms with Crippen LogP contribution in [0, 0.1) is 0 Å². The summed E-state index contributed by atoms with van der Waals surface area (Å²) in [4.78, 5) is 12.6. The summed E-state index contributed by atoms with van der Waals surface area (Å²) >= 11 is -2.56. The molecule has 1 fully saturated rings. The number of ether oxygens (including phenoxy) is 1. The number of carbonyl (C=O) groups excluding carboxylic acids is 1. The first-order valence-corrected chi connectivity index (χ1v) is 6.65. The Kier molecular flexibility index (Phi) is 4.86. The molecule has 0 spiro atoms. The molecule has 0 aliphatic carbocycles. The third-order valence-electron chi connectivity index (χ3n) is 2.37. The molecule has 112 valence electrons. The number of hydrogen-bond acceptors (Lipinski definition) is 4. The van der Waals surface area contributed by atoms with Gasteiger partial charge in [0.25, 0.3) is 5.92 Å². The molecule has 1 heterocycles. The van der Waals surface area contributed by atoms with E-state index >= 15 is 0 Å². The van der Waals surface area contributed by atoms with Gasteiger partial charge >= 0.3 is 17.5 Å². The maximum atomic E-state index is 13.3. The zero-order chi connectivity index (χ0) is 14.8. The maximum Gasteiger partial charge on any atom is 0.410 e. The number of amides is 1. The minimum atomic E-state index is -3.05. The second kappa shape index (κ2) is 5.68. The van der Waals surface area contributed by atoms with Crippen LogP contribution in [0.3, 0.4) is 0 Å². The van der Waals surface area contributed by atoms with Gasteiger partial charge in [-0.15, -0.1) is 0 Å². The minimum Gasteiger partial charge on any atom is -0.444 e. The minimum absolute atomic E-state index is 0.446. The Balaban J connectivity index is 2.71. The van der Waals surface area contributed by atoms with Gasteiger partial charge in [0, 0.05) is 6.42 Å². The number of nitrogens with zero attached hydrogens (tertiary/aromatic N) is 1. The molecule has 2 atom stereocenters. The first-order valence-electron chi connectivity index (χ1n) is 5.62. The van der Waals surface area contributed by atoms with Crippen molar-refractivity contribution in [2.45, 2.75) is 44.8 Å². The van der Waals surface area contributed by atoms with E-state index in [0.717, 1.165) is 4.90 Å². The maximum absolute atomic E-state index is 13.3. The lowest BCUT2D eigenvalue weighted by molar-refractivity contribution is -0.00272. The average molecular weight is 301 g/mol. The number of likely N-dealkylation sites (tertiary alicyclic amines) is 1. The largest absolute Gasteiger partial charge is 0.444 e. The first-order chi connectivity index (χ1) is 8.50. The van der Waals surface area contributed by atoms with Crippen molar-refractivity contribution in [2.24, 2.45) is 0 Å². The average Bonchev–Trinajstić information content (AvgIpc) is 2.48. The van der Waals surface area contributed by atoms with Crippen LogP contribution in [-0.4, -0.2) is 50.5 Å². The highest BCUT2D eigenvalue weighted by Crippen LogP contribution is 2.33. The third kappa shape index (κ3) is 5.37. The molecule has 0 aromatic rings. The Hall–Kier alpha value is -0.800. The summed E-state index contributed by atoms with van der Waals surface area (Å²) in [6.45, 7) is 3.63. The Morgan fingerprint density at radius 2 is 2.11 bits per heavy atom. The van der Waals surface area contributed by atoms with Gasteiger partial charge in [0.05, 0.1) is 19.2 Å². The Morgan fingerprint density at radius 3 is 2.58 bits per heavy atom. The molecular formula is C10H17F2NO5S. The molecule has 2 unspecified atom stereocenters. The van der Waals surface area contributed by atoms with Gasteiger partial charge in [-0.2, -0.15) is 4.21 Å². The van der Waals surface area contributed by atoms with Crippen molar-refractivity contribution in [3.05, 3.63) is 0 Å². The Bertz CT molecular complexity index is 371. The molecule has 0 saturated carbocycles. The molecule has 1 aliphatic heterocycles. The molecule has 1 aliphatic rings. The summed E-state index contributed by atoms with van der Waals surface area (Å²) in [5.41, 5.74) is -0.805. The summed E-state index contributed by atoms with van der Waals surface area (Å²) in [7, 11) is 0. The topological polar surface area (TPSA) is 76.1 Å². The molecule has 0 aromatic carbocycles. The molecule has 19 heavy (non-hydrogen) atoms. The van der Waals surface area contributed by atoms with E-state index in [0.29, 0.717) is 0 Å². The van der Waals surface area contributed by atoms with E-state index in [9.17, 15) is 17.8 Å². The summed E-state index contributed by atoms with van der Waals surface area (Å²) < 4.78 is 54.9. The molecule has 0 radical (unpaired) electrons. The highest BCUT2D eigenvalue weighted by atomic mass is 32.2. The van der Waals surface area contributed by atoms with Crippen LogP contribution >= 0.6 is 0 Å². The van der Waals surface area contributed by atoms with E-state index in [4.69, 9.17) is 9.29 Å². The number of rotatable bonds is 3. The normalized spacial score (nSPS) is 24.3. The summed E-state index contributed by atoms with van der Waals surface area (Å²) in [6, 6.07) is -0.985. The molecule has 1 saturated heterocycles. The van der Waals surface area contributed by atoms with Crippen molar-refractivity contribution < 1.29 is 31.3 Å². The molecule has 1 amide bonds. The lowest BCUT2D eigenvalue weighted by Gasteiger charge is -2.27. The fourth-order valence-electron chi connectivity index (χ4n) is 1.72. The molecule has 1 rings (SSSR count). The smallest absolute Gasteiger partial charge is 0.410 e. The summed E-state index contributed by atoms with van der Waals surface area (Å²) in [5, 5.41) is 0. The van der Waals surface area contributed by atoms with E-state index in [1.807, 2.05) is 0 Å². The van der Waals surface area contributed by atoms with Crippen LogP contribution in [0.4, 0.5) is 13.6 Å².